The lowest BCUT2D eigenvalue weighted by molar-refractivity contribution is -0.121. The average Bonchev–Trinajstić information content (AvgIpc) is 3.18. The minimum atomic E-state index is -0.261. The van der Waals surface area contributed by atoms with Crippen molar-refractivity contribution >= 4 is 28.5 Å². The molecule has 1 saturated heterocycles. The molecule has 1 aliphatic heterocycles. The summed E-state index contributed by atoms with van der Waals surface area (Å²) in [5.74, 6) is 0.227. The zero-order chi connectivity index (χ0) is 19.5. The van der Waals surface area contributed by atoms with Crippen LogP contribution in [0.15, 0.2) is 65.1 Å². The van der Waals surface area contributed by atoms with Crippen LogP contribution in [0.3, 0.4) is 0 Å². The van der Waals surface area contributed by atoms with Crippen LogP contribution in [-0.4, -0.2) is 53.8 Å². The van der Waals surface area contributed by atoms with Crippen LogP contribution in [0, 0.1) is 0 Å². The fourth-order valence-electron chi connectivity index (χ4n) is 3.49. The molecule has 144 valence electrons. The molecular weight excluding hydrogens is 354 g/mol. The Hall–Kier alpha value is -3.12. The second kappa shape index (κ2) is 7.86. The van der Waals surface area contributed by atoms with Crippen molar-refractivity contribution in [2.24, 2.45) is 0 Å². The largest absolute Gasteiger partial charge is 0.451 e. The van der Waals surface area contributed by atoms with Crippen molar-refractivity contribution < 1.29 is 14.0 Å². The van der Waals surface area contributed by atoms with Crippen molar-refractivity contribution in [3.05, 3.63) is 66.4 Å². The van der Waals surface area contributed by atoms with Crippen molar-refractivity contribution in [2.75, 3.05) is 31.5 Å². The number of hydrogen-bond donors (Lipinski definition) is 1. The molecule has 1 unspecified atom stereocenters. The Kier molecular flexibility index (Phi) is 5.12. The van der Waals surface area contributed by atoms with Crippen LogP contribution in [-0.2, 0) is 4.79 Å². The topological polar surface area (TPSA) is 65.8 Å². The Morgan fingerprint density at radius 1 is 0.964 bits per heavy atom. The zero-order valence-electron chi connectivity index (χ0n) is 15.8. The molecule has 6 nitrogen and oxygen atoms in total. The smallest absolute Gasteiger partial charge is 0.289 e. The van der Waals surface area contributed by atoms with Crippen molar-refractivity contribution in [3.63, 3.8) is 0 Å². The summed E-state index contributed by atoms with van der Waals surface area (Å²) < 4.78 is 5.69. The zero-order valence-corrected chi connectivity index (χ0v) is 15.8. The fraction of sp³-hybridized carbons (Fsp3) is 0.273. The highest BCUT2D eigenvalue weighted by Crippen LogP contribution is 2.21. The van der Waals surface area contributed by atoms with E-state index in [-0.39, 0.29) is 17.9 Å². The molecule has 2 amide bonds. The molecule has 2 aromatic carbocycles. The number of piperazine rings is 1. The number of carbonyl (C=O) groups is 2. The minimum absolute atomic E-state index is 0.0386. The number of para-hydroxylation sites is 2. The number of nitrogens with zero attached hydrogens (tertiary/aromatic N) is 2. The number of rotatable bonds is 4. The minimum Gasteiger partial charge on any atom is -0.451 e. The molecule has 28 heavy (non-hydrogen) atoms. The summed E-state index contributed by atoms with van der Waals surface area (Å²) in [5.41, 5.74) is 1.51. The van der Waals surface area contributed by atoms with Crippen LogP contribution >= 0.6 is 0 Å². The second-order valence-corrected chi connectivity index (χ2v) is 7.01. The van der Waals surface area contributed by atoms with Gasteiger partial charge in [-0.05, 0) is 31.2 Å². The van der Waals surface area contributed by atoms with Gasteiger partial charge < -0.3 is 14.6 Å². The van der Waals surface area contributed by atoms with Gasteiger partial charge in [-0.25, -0.2) is 0 Å². The molecule has 0 radical (unpaired) electrons. The van der Waals surface area contributed by atoms with Gasteiger partial charge in [0.2, 0.25) is 5.91 Å². The number of amides is 2. The normalized spacial score (nSPS) is 16.1. The van der Waals surface area contributed by atoms with Crippen LogP contribution in [0.5, 0.6) is 0 Å². The molecule has 4 rings (SSSR count). The molecule has 1 aromatic heterocycles. The summed E-state index contributed by atoms with van der Waals surface area (Å²) >= 11 is 0. The highest BCUT2D eigenvalue weighted by atomic mass is 16.3. The average molecular weight is 377 g/mol. The first-order valence-electron chi connectivity index (χ1n) is 9.49. The first-order valence-corrected chi connectivity index (χ1v) is 9.49. The van der Waals surface area contributed by atoms with Crippen LogP contribution in [0.1, 0.15) is 17.5 Å². The van der Waals surface area contributed by atoms with E-state index in [0.29, 0.717) is 31.9 Å². The lowest BCUT2D eigenvalue weighted by Gasteiger charge is -2.37. The number of carbonyl (C=O) groups excluding carboxylic acids is 2. The van der Waals surface area contributed by atoms with Crippen molar-refractivity contribution in [3.8, 4) is 0 Å². The first kappa shape index (κ1) is 18.3. The monoisotopic (exact) mass is 377 g/mol. The SMILES string of the molecule is CC(C(=O)Nc1ccccc1)N1CCN(C(=O)c2cc3ccccc3o2)CC1. The third-order valence-corrected chi connectivity index (χ3v) is 5.21. The van der Waals surface area contributed by atoms with E-state index in [2.05, 4.69) is 10.2 Å². The van der Waals surface area contributed by atoms with E-state index in [0.717, 1.165) is 16.7 Å². The molecule has 1 N–H and O–H groups in total. The molecule has 0 aliphatic carbocycles. The number of fused-ring (bicyclic) bond motifs is 1. The van der Waals surface area contributed by atoms with Crippen LogP contribution in [0.2, 0.25) is 0 Å². The van der Waals surface area contributed by atoms with Crippen molar-refractivity contribution in [2.45, 2.75) is 13.0 Å². The maximum absolute atomic E-state index is 12.8. The lowest BCUT2D eigenvalue weighted by atomic mass is 10.2. The van der Waals surface area contributed by atoms with E-state index in [1.54, 1.807) is 11.0 Å². The lowest BCUT2D eigenvalue weighted by Crippen LogP contribution is -2.54. The van der Waals surface area contributed by atoms with Crippen molar-refractivity contribution in [1.29, 1.82) is 0 Å². The van der Waals surface area contributed by atoms with Gasteiger partial charge in [0.05, 0.1) is 6.04 Å². The summed E-state index contributed by atoms with van der Waals surface area (Å²) in [5, 5.41) is 3.86. The van der Waals surface area contributed by atoms with Gasteiger partial charge in [-0.2, -0.15) is 0 Å². The molecule has 0 bridgehead atoms. The Morgan fingerprint density at radius 2 is 1.64 bits per heavy atom. The maximum atomic E-state index is 12.8. The summed E-state index contributed by atoms with van der Waals surface area (Å²) in [6.07, 6.45) is 0. The van der Waals surface area contributed by atoms with E-state index in [1.165, 1.54) is 0 Å². The molecule has 1 atom stereocenters. The van der Waals surface area contributed by atoms with Crippen LogP contribution in [0.4, 0.5) is 5.69 Å². The molecule has 0 spiro atoms. The molecule has 1 aliphatic rings. The van der Waals surface area contributed by atoms with Gasteiger partial charge in [-0.1, -0.05) is 36.4 Å². The number of furan rings is 1. The number of anilines is 1. The van der Waals surface area contributed by atoms with Gasteiger partial charge >= 0.3 is 0 Å². The predicted octanol–water partition coefficient (Wildman–Crippen LogP) is 3.22. The molecule has 6 heteroatoms. The Bertz CT molecular complexity index is 942. The van der Waals surface area contributed by atoms with Gasteiger partial charge in [0.1, 0.15) is 5.58 Å². The van der Waals surface area contributed by atoms with Gasteiger partial charge in [0.25, 0.3) is 5.91 Å². The van der Waals surface area contributed by atoms with E-state index in [9.17, 15) is 9.59 Å². The molecule has 3 aromatic rings. The van der Waals surface area contributed by atoms with Crippen LogP contribution in [0.25, 0.3) is 11.0 Å². The third kappa shape index (κ3) is 3.77. The fourth-order valence-corrected chi connectivity index (χ4v) is 3.49. The number of nitrogens with one attached hydrogen (secondary N) is 1. The highest BCUT2D eigenvalue weighted by molar-refractivity contribution is 5.96. The van der Waals surface area contributed by atoms with E-state index < -0.39 is 0 Å². The highest BCUT2D eigenvalue weighted by Gasteiger charge is 2.29. The standard InChI is InChI=1S/C22H23N3O3/c1-16(21(26)23-18-8-3-2-4-9-18)24-11-13-25(14-12-24)22(27)20-15-17-7-5-6-10-19(17)28-20/h2-10,15-16H,11-14H2,1H3,(H,23,26). The van der Waals surface area contributed by atoms with E-state index >= 15 is 0 Å². The van der Waals surface area contributed by atoms with Crippen LogP contribution < -0.4 is 5.32 Å². The molecule has 0 saturated carbocycles. The summed E-state index contributed by atoms with van der Waals surface area (Å²) in [4.78, 5) is 29.1. The number of hydrogen-bond acceptors (Lipinski definition) is 4. The van der Waals surface area contributed by atoms with Gasteiger partial charge in [-0.15, -0.1) is 0 Å². The molecule has 2 heterocycles. The Balaban J connectivity index is 1.34. The summed E-state index contributed by atoms with van der Waals surface area (Å²) in [6, 6.07) is 18.6. The van der Waals surface area contributed by atoms with Crippen molar-refractivity contribution in [1.82, 2.24) is 9.80 Å². The third-order valence-electron chi connectivity index (χ3n) is 5.21. The predicted molar refractivity (Wildman–Crippen MR) is 108 cm³/mol. The first-order chi connectivity index (χ1) is 13.6. The van der Waals surface area contributed by atoms with E-state index in [4.69, 9.17) is 4.42 Å². The molecular formula is C22H23N3O3. The maximum Gasteiger partial charge on any atom is 0.289 e. The summed E-state index contributed by atoms with van der Waals surface area (Å²) in [6.45, 7) is 4.33. The second-order valence-electron chi connectivity index (χ2n) is 7.01. The van der Waals surface area contributed by atoms with Gasteiger partial charge in [0, 0.05) is 37.3 Å². The van der Waals surface area contributed by atoms with E-state index in [1.807, 2.05) is 61.5 Å². The van der Waals surface area contributed by atoms with Gasteiger partial charge in [0.15, 0.2) is 5.76 Å². The number of benzene rings is 2. The Morgan fingerprint density at radius 3 is 2.36 bits per heavy atom. The quantitative estimate of drug-likeness (QED) is 0.758. The molecule has 1 fully saturated rings. The Labute approximate surface area is 163 Å². The summed E-state index contributed by atoms with van der Waals surface area (Å²) in [7, 11) is 0. The van der Waals surface area contributed by atoms with Gasteiger partial charge in [-0.3, -0.25) is 14.5 Å².